The molecule has 0 spiro atoms. The monoisotopic (exact) mass is 541 g/mol. The van der Waals surface area contributed by atoms with Crippen LogP contribution >= 0.6 is 11.6 Å². The first-order valence-corrected chi connectivity index (χ1v) is 15.3. The van der Waals surface area contributed by atoms with E-state index in [1.165, 1.54) is 16.4 Å². The van der Waals surface area contributed by atoms with Crippen molar-refractivity contribution in [2.75, 3.05) is 13.1 Å². The number of unbranched alkanes of at least 4 members (excludes halogenated alkanes) is 6. The van der Waals surface area contributed by atoms with Gasteiger partial charge in [-0.25, -0.2) is 13.2 Å². The largest absolute Gasteiger partial charge is 0.611 e. The van der Waals surface area contributed by atoms with Crippen LogP contribution in [0.1, 0.15) is 81.1 Å². The van der Waals surface area contributed by atoms with Crippen LogP contribution in [0.5, 0.6) is 0 Å². The molecule has 6 nitrogen and oxygen atoms in total. The average molecular weight is 542 g/mol. The highest BCUT2D eigenvalue weighted by Crippen LogP contribution is 2.27. The standard InChI is InChI=1S/C26H36ClNO5S2/c1-3-5-7-9-17-28(18-10-8-6-4-2)35(32,33)23-15-16-25(24(19-23)26(29)30)34(31)20-21-11-13-22(27)14-12-21/h11-16,19H,3-10,17-18,20H2,1-2H3,(H,29,30). The highest BCUT2D eigenvalue weighted by molar-refractivity contribution is 7.90. The van der Waals surface area contributed by atoms with Crippen molar-refractivity contribution in [1.29, 1.82) is 0 Å². The number of nitrogens with zero attached hydrogens (tertiary/aromatic N) is 1. The molecule has 0 aliphatic heterocycles. The summed E-state index contributed by atoms with van der Waals surface area (Å²) in [5.41, 5.74) is 0.487. The van der Waals surface area contributed by atoms with Gasteiger partial charge >= 0.3 is 5.97 Å². The van der Waals surface area contributed by atoms with Crippen LogP contribution in [0.3, 0.4) is 0 Å². The summed E-state index contributed by atoms with van der Waals surface area (Å²) in [5, 5.41) is 10.3. The molecule has 0 aliphatic rings. The number of carbonyl (C=O) groups is 1. The molecule has 1 atom stereocenters. The predicted molar refractivity (Wildman–Crippen MR) is 142 cm³/mol. The number of hydrogen-bond donors (Lipinski definition) is 1. The molecule has 2 aromatic carbocycles. The molecule has 0 saturated heterocycles. The summed E-state index contributed by atoms with van der Waals surface area (Å²) in [6, 6.07) is 10.7. The van der Waals surface area contributed by atoms with E-state index in [1.807, 2.05) is 0 Å². The van der Waals surface area contributed by atoms with Gasteiger partial charge in [-0.3, -0.25) is 0 Å². The van der Waals surface area contributed by atoms with Crippen molar-refractivity contribution in [2.45, 2.75) is 80.8 Å². The fourth-order valence-corrected chi connectivity index (χ4v) is 6.71. The van der Waals surface area contributed by atoms with E-state index in [0.717, 1.165) is 63.0 Å². The van der Waals surface area contributed by atoms with Gasteiger partial charge in [0.1, 0.15) is 11.3 Å². The number of aromatic carboxylic acids is 1. The van der Waals surface area contributed by atoms with Gasteiger partial charge in [0.2, 0.25) is 10.0 Å². The van der Waals surface area contributed by atoms with Gasteiger partial charge in [0.05, 0.1) is 4.90 Å². The second-order valence-electron chi connectivity index (χ2n) is 8.60. The molecule has 0 saturated carbocycles. The maximum absolute atomic E-state index is 13.5. The Balaban J connectivity index is 2.29. The van der Waals surface area contributed by atoms with Crippen molar-refractivity contribution in [3.05, 3.63) is 58.6 Å². The molecule has 0 heterocycles. The van der Waals surface area contributed by atoms with Crippen LogP contribution in [0.2, 0.25) is 5.02 Å². The second-order valence-corrected chi connectivity index (χ2v) is 12.4. The quantitative estimate of drug-likeness (QED) is 0.193. The summed E-state index contributed by atoms with van der Waals surface area (Å²) in [6.45, 7) is 5.01. The van der Waals surface area contributed by atoms with E-state index >= 15 is 0 Å². The third-order valence-corrected chi connectivity index (χ3v) is 9.39. The molecule has 0 amide bonds. The van der Waals surface area contributed by atoms with Crippen LogP contribution < -0.4 is 0 Å². The Labute approximate surface area is 217 Å². The number of carboxylic acids is 1. The lowest BCUT2D eigenvalue weighted by Crippen LogP contribution is -2.33. The number of hydrogen-bond acceptors (Lipinski definition) is 4. The molecule has 2 rings (SSSR count). The van der Waals surface area contributed by atoms with E-state index in [9.17, 15) is 22.9 Å². The SMILES string of the molecule is CCCCCCN(CCCCCC)S(=O)(=O)c1ccc([S+]([O-])Cc2ccc(Cl)cc2)c(C(=O)O)c1. The zero-order valence-corrected chi connectivity index (χ0v) is 22.9. The van der Waals surface area contributed by atoms with Gasteiger partial charge in [0.25, 0.3) is 0 Å². The minimum atomic E-state index is -3.88. The van der Waals surface area contributed by atoms with Crippen LogP contribution in [-0.4, -0.2) is 41.4 Å². The van der Waals surface area contributed by atoms with Crippen molar-refractivity contribution < 1.29 is 22.9 Å². The fourth-order valence-electron chi connectivity index (χ4n) is 3.78. The lowest BCUT2D eigenvalue weighted by atomic mass is 10.2. The van der Waals surface area contributed by atoms with E-state index in [-0.39, 0.29) is 21.1 Å². The van der Waals surface area contributed by atoms with Gasteiger partial charge in [-0.15, -0.1) is 0 Å². The van der Waals surface area contributed by atoms with Gasteiger partial charge in [0, 0.05) is 23.7 Å². The Morgan fingerprint density at radius 3 is 2.03 bits per heavy atom. The molecule has 0 radical (unpaired) electrons. The smallest absolute Gasteiger partial charge is 0.340 e. The summed E-state index contributed by atoms with van der Waals surface area (Å²) in [7, 11) is -3.88. The van der Waals surface area contributed by atoms with Gasteiger partial charge in [-0.2, -0.15) is 4.31 Å². The summed E-state index contributed by atoms with van der Waals surface area (Å²) in [6.07, 6.45) is 7.61. The molecule has 9 heteroatoms. The first-order valence-electron chi connectivity index (χ1n) is 12.2. The lowest BCUT2D eigenvalue weighted by molar-refractivity contribution is 0.0692. The number of benzene rings is 2. The Morgan fingerprint density at radius 2 is 1.51 bits per heavy atom. The van der Waals surface area contributed by atoms with Crippen molar-refractivity contribution in [1.82, 2.24) is 4.31 Å². The summed E-state index contributed by atoms with van der Waals surface area (Å²) < 4.78 is 41.4. The molecule has 2 aromatic rings. The van der Waals surface area contributed by atoms with Crippen molar-refractivity contribution in [2.24, 2.45) is 0 Å². The normalized spacial score (nSPS) is 12.7. The topological polar surface area (TPSA) is 97.7 Å². The van der Waals surface area contributed by atoms with E-state index in [0.29, 0.717) is 18.1 Å². The number of carboxylic acid groups (broad SMARTS) is 1. The number of halogens is 1. The van der Waals surface area contributed by atoms with Crippen molar-refractivity contribution >= 4 is 38.8 Å². The average Bonchev–Trinajstić information content (AvgIpc) is 2.83. The van der Waals surface area contributed by atoms with Gasteiger partial charge in [-0.1, -0.05) is 76.1 Å². The van der Waals surface area contributed by atoms with Crippen LogP contribution in [0.25, 0.3) is 0 Å². The van der Waals surface area contributed by atoms with E-state index < -0.39 is 27.2 Å². The molecule has 0 aliphatic carbocycles. The highest BCUT2D eigenvalue weighted by Gasteiger charge is 2.28. The van der Waals surface area contributed by atoms with Crippen molar-refractivity contribution in [3.63, 3.8) is 0 Å². The highest BCUT2D eigenvalue weighted by atomic mass is 35.5. The minimum Gasteiger partial charge on any atom is -0.611 e. The number of sulfonamides is 1. The molecule has 0 fully saturated rings. The molecule has 0 bridgehead atoms. The molecular weight excluding hydrogens is 506 g/mol. The molecule has 0 aromatic heterocycles. The maximum Gasteiger partial charge on any atom is 0.340 e. The Kier molecular flexibility index (Phi) is 12.6. The van der Waals surface area contributed by atoms with Gasteiger partial charge in [-0.05, 0) is 54.3 Å². The van der Waals surface area contributed by atoms with E-state index in [1.54, 1.807) is 24.3 Å². The molecular formula is C26H36ClNO5S2. The Bertz CT molecular complexity index is 1030. The third kappa shape index (κ3) is 9.10. The summed E-state index contributed by atoms with van der Waals surface area (Å²) >= 11 is 4.23. The Hall–Kier alpha value is -1.58. The maximum atomic E-state index is 13.5. The van der Waals surface area contributed by atoms with Crippen LogP contribution in [0, 0.1) is 0 Å². The molecule has 35 heavy (non-hydrogen) atoms. The minimum absolute atomic E-state index is 0.0758. The van der Waals surface area contributed by atoms with Gasteiger partial charge < -0.3 is 9.66 Å². The first-order chi connectivity index (χ1) is 16.7. The molecule has 1 unspecified atom stereocenters. The zero-order chi connectivity index (χ0) is 25.8. The number of rotatable bonds is 16. The first kappa shape index (κ1) is 29.6. The second kappa shape index (κ2) is 14.9. The van der Waals surface area contributed by atoms with E-state index in [4.69, 9.17) is 11.6 Å². The van der Waals surface area contributed by atoms with Crippen LogP contribution in [0.4, 0.5) is 0 Å². The van der Waals surface area contributed by atoms with E-state index in [2.05, 4.69) is 13.8 Å². The van der Waals surface area contributed by atoms with Crippen molar-refractivity contribution in [3.8, 4) is 0 Å². The van der Waals surface area contributed by atoms with Gasteiger partial charge in [0.15, 0.2) is 4.90 Å². The molecule has 1 N–H and O–H groups in total. The fraction of sp³-hybridized carbons (Fsp3) is 0.500. The molecule has 194 valence electrons. The lowest BCUT2D eigenvalue weighted by Gasteiger charge is -2.23. The Morgan fingerprint density at radius 1 is 0.943 bits per heavy atom. The third-order valence-electron chi connectivity index (χ3n) is 5.80. The summed E-state index contributed by atoms with van der Waals surface area (Å²) in [5.74, 6) is -1.20. The summed E-state index contributed by atoms with van der Waals surface area (Å²) in [4.78, 5) is 12.0. The predicted octanol–water partition coefficient (Wildman–Crippen LogP) is 6.50. The zero-order valence-electron chi connectivity index (χ0n) is 20.5. The van der Waals surface area contributed by atoms with Crippen LogP contribution in [-0.2, 0) is 27.0 Å². The van der Waals surface area contributed by atoms with Crippen LogP contribution in [0.15, 0.2) is 52.3 Å².